The summed E-state index contributed by atoms with van der Waals surface area (Å²) in [4.78, 5) is 21.4. The zero-order valence-electron chi connectivity index (χ0n) is 11.8. The smallest absolute Gasteiger partial charge is 0.254 e. The van der Waals surface area contributed by atoms with Crippen molar-refractivity contribution in [1.29, 1.82) is 0 Å². The lowest BCUT2D eigenvalue weighted by Gasteiger charge is -2.34. The van der Waals surface area contributed by atoms with Gasteiger partial charge in [0, 0.05) is 55.2 Å². The molecule has 1 aliphatic heterocycles. The third kappa shape index (κ3) is 3.09. The summed E-state index contributed by atoms with van der Waals surface area (Å²) in [6.07, 6.45) is 1.76. The Morgan fingerprint density at radius 1 is 1.14 bits per heavy atom. The molecular weight excluding hydrogens is 330 g/mol. The molecule has 0 radical (unpaired) electrons. The number of halogens is 1. The van der Waals surface area contributed by atoms with Crippen LogP contribution in [0.15, 0.2) is 36.5 Å². The van der Waals surface area contributed by atoms with E-state index in [1.807, 2.05) is 35.2 Å². The number of rotatable bonds is 3. The van der Waals surface area contributed by atoms with Crippen molar-refractivity contribution in [2.75, 3.05) is 38.1 Å². The molecule has 5 heteroatoms. The minimum Gasteiger partial charge on any atom is -0.336 e. The fourth-order valence-electron chi connectivity index (χ4n) is 2.75. The highest BCUT2D eigenvalue weighted by Crippen LogP contribution is 2.19. The Hall–Kier alpha value is -1.46. The van der Waals surface area contributed by atoms with Crippen molar-refractivity contribution in [3.05, 3.63) is 42.1 Å². The van der Waals surface area contributed by atoms with Crippen LogP contribution in [-0.2, 0) is 0 Å². The van der Waals surface area contributed by atoms with Crippen molar-refractivity contribution in [3.8, 4) is 0 Å². The first-order chi connectivity index (χ1) is 10.3. The van der Waals surface area contributed by atoms with Crippen LogP contribution in [0, 0.1) is 0 Å². The summed E-state index contributed by atoms with van der Waals surface area (Å²) in [6, 6.07) is 9.60. The zero-order chi connectivity index (χ0) is 14.7. The molecule has 0 spiro atoms. The number of carbonyl (C=O) groups is 1. The largest absolute Gasteiger partial charge is 0.336 e. The first-order valence-electron chi connectivity index (χ1n) is 7.21. The van der Waals surface area contributed by atoms with Crippen LogP contribution < -0.4 is 0 Å². The molecule has 110 valence electrons. The van der Waals surface area contributed by atoms with E-state index in [9.17, 15) is 4.79 Å². The molecule has 21 heavy (non-hydrogen) atoms. The summed E-state index contributed by atoms with van der Waals surface area (Å²) in [5, 5.41) is 1.92. The van der Waals surface area contributed by atoms with Crippen molar-refractivity contribution >= 4 is 32.7 Å². The Balaban J connectivity index is 1.79. The van der Waals surface area contributed by atoms with Gasteiger partial charge in [0.25, 0.3) is 5.91 Å². The quantitative estimate of drug-likeness (QED) is 0.800. The Morgan fingerprint density at radius 3 is 2.71 bits per heavy atom. The third-order valence-electron chi connectivity index (χ3n) is 3.94. The second kappa shape index (κ2) is 6.54. The number of piperazine rings is 1. The zero-order valence-corrected chi connectivity index (χ0v) is 13.4. The molecule has 1 saturated heterocycles. The summed E-state index contributed by atoms with van der Waals surface area (Å²) in [7, 11) is 0. The third-order valence-corrected chi connectivity index (χ3v) is 4.29. The molecule has 1 aliphatic rings. The van der Waals surface area contributed by atoms with E-state index in [2.05, 4.69) is 25.8 Å². The van der Waals surface area contributed by atoms with Crippen molar-refractivity contribution in [1.82, 2.24) is 14.8 Å². The highest BCUT2D eigenvalue weighted by molar-refractivity contribution is 9.09. The van der Waals surface area contributed by atoms with Gasteiger partial charge < -0.3 is 4.90 Å². The summed E-state index contributed by atoms with van der Waals surface area (Å²) in [5.74, 6) is 0.118. The molecule has 0 atom stereocenters. The Kier molecular flexibility index (Phi) is 4.51. The minimum absolute atomic E-state index is 0.118. The van der Waals surface area contributed by atoms with Crippen LogP contribution in [0.4, 0.5) is 0 Å². The van der Waals surface area contributed by atoms with Crippen LogP contribution >= 0.6 is 15.9 Å². The summed E-state index contributed by atoms with van der Waals surface area (Å²) >= 11 is 3.46. The molecule has 0 saturated carbocycles. The van der Waals surface area contributed by atoms with Gasteiger partial charge in [-0.25, -0.2) is 0 Å². The van der Waals surface area contributed by atoms with Crippen LogP contribution in [0.5, 0.6) is 0 Å². The van der Waals surface area contributed by atoms with Crippen LogP contribution in [0.25, 0.3) is 10.9 Å². The number of hydrogen-bond acceptors (Lipinski definition) is 3. The summed E-state index contributed by atoms with van der Waals surface area (Å²) < 4.78 is 0. The standard InChI is InChI=1S/C16H18BrN3O/c17-6-8-19-9-11-20(12-10-19)16(21)14-3-1-5-15-13(14)4-2-7-18-15/h1-5,7H,6,8-12H2. The predicted octanol–water partition coefficient (Wildman–Crippen LogP) is 2.39. The lowest BCUT2D eigenvalue weighted by molar-refractivity contribution is 0.0647. The first-order valence-corrected chi connectivity index (χ1v) is 8.33. The molecule has 1 aromatic heterocycles. The Labute approximate surface area is 132 Å². The van der Waals surface area contributed by atoms with Gasteiger partial charge in [-0.2, -0.15) is 0 Å². The van der Waals surface area contributed by atoms with Crippen molar-refractivity contribution in [3.63, 3.8) is 0 Å². The van der Waals surface area contributed by atoms with Crippen molar-refractivity contribution in [2.45, 2.75) is 0 Å². The summed E-state index contributed by atoms with van der Waals surface area (Å²) in [6.45, 7) is 4.52. The number of nitrogens with zero attached hydrogens (tertiary/aromatic N) is 3. The molecule has 0 aliphatic carbocycles. The maximum absolute atomic E-state index is 12.7. The molecule has 0 bridgehead atoms. The van der Waals surface area contributed by atoms with Gasteiger partial charge in [-0.1, -0.05) is 28.1 Å². The fraction of sp³-hybridized carbons (Fsp3) is 0.375. The predicted molar refractivity (Wildman–Crippen MR) is 87.9 cm³/mol. The van der Waals surface area contributed by atoms with Crippen molar-refractivity contribution < 1.29 is 4.79 Å². The van der Waals surface area contributed by atoms with Gasteiger partial charge in [0.05, 0.1) is 5.52 Å². The number of aromatic nitrogens is 1. The molecule has 0 unspecified atom stereocenters. The number of benzene rings is 1. The minimum atomic E-state index is 0.118. The molecule has 4 nitrogen and oxygen atoms in total. The molecule has 3 rings (SSSR count). The summed E-state index contributed by atoms with van der Waals surface area (Å²) in [5.41, 5.74) is 1.64. The van der Waals surface area contributed by atoms with Gasteiger partial charge in [-0.3, -0.25) is 14.7 Å². The molecule has 0 N–H and O–H groups in total. The molecular formula is C16H18BrN3O. The highest BCUT2D eigenvalue weighted by atomic mass is 79.9. The van der Waals surface area contributed by atoms with Crippen molar-refractivity contribution in [2.24, 2.45) is 0 Å². The highest BCUT2D eigenvalue weighted by Gasteiger charge is 2.22. The van der Waals surface area contributed by atoms with E-state index >= 15 is 0 Å². The van der Waals surface area contributed by atoms with Gasteiger partial charge in [0.1, 0.15) is 0 Å². The van der Waals surface area contributed by atoms with Crippen LogP contribution in [0.2, 0.25) is 0 Å². The van der Waals surface area contributed by atoms with Gasteiger partial charge in [-0.15, -0.1) is 0 Å². The number of amides is 1. The molecule has 2 heterocycles. The molecule has 1 fully saturated rings. The average Bonchev–Trinajstić information content (AvgIpc) is 2.55. The second-order valence-electron chi connectivity index (χ2n) is 5.20. The van der Waals surface area contributed by atoms with Gasteiger partial charge in [0.15, 0.2) is 0 Å². The van der Waals surface area contributed by atoms with E-state index in [1.165, 1.54) is 0 Å². The fourth-order valence-corrected chi connectivity index (χ4v) is 3.26. The SMILES string of the molecule is O=C(c1cccc2ncccc12)N1CCN(CCBr)CC1. The van der Waals surface area contributed by atoms with E-state index in [-0.39, 0.29) is 5.91 Å². The first kappa shape index (κ1) is 14.5. The normalized spacial score (nSPS) is 16.3. The second-order valence-corrected chi connectivity index (χ2v) is 5.99. The number of alkyl halides is 1. The number of fused-ring (bicyclic) bond motifs is 1. The maximum Gasteiger partial charge on any atom is 0.254 e. The van der Waals surface area contributed by atoms with E-state index in [4.69, 9.17) is 0 Å². The van der Waals surface area contributed by atoms with E-state index < -0.39 is 0 Å². The molecule has 1 aromatic carbocycles. The molecule has 1 amide bonds. The topological polar surface area (TPSA) is 36.4 Å². The van der Waals surface area contributed by atoms with Crippen LogP contribution in [0.1, 0.15) is 10.4 Å². The Morgan fingerprint density at radius 2 is 1.95 bits per heavy atom. The lowest BCUT2D eigenvalue weighted by atomic mass is 10.1. The number of pyridine rings is 1. The number of hydrogen-bond donors (Lipinski definition) is 0. The Bertz CT molecular complexity index is 633. The average molecular weight is 348 g/mol. The van der Waals surface area contributed by atoms with Gasteiger partial charge in [0.2, 0.25) is 0 Å². The monoisotopic (exact) mass is 347 g/mol. The van der Waals surface area contributed by atoms with E-state index in [1.54, 1.807) is 6.20 Å². The van der Waals surface area contributed by atoms with Gasteiger partial charge >= 0.3 is 0 Å². The van der Waals surface area contributed by atoms with E-state index in [0.29, 0.717) is 0 Å². The van der Waals surface area contributed by atoms with Gasteiger partial charge in [-0.05, 0) is 18.2 Å². The van der Waals surface area contributed by atoms with Crippen LogP contribution in [-0.4, -0.2) is 58.7 Å². The maximum atomic E-state index is 12.7. The lowest BCUT2D eigenvalue weighted by Crippen LogP contribution is -2.49. The number of carbonyl (C=O) groups excluding carboxylic acids is 1. The molecule has 2 aromatic rings. The van der Waals surface area contributed by atoms with Crippen LogP contribution in [0.3, 0.4) is 0 Å². The van der Waals surface area contributed by atoms with E-state index in [0.717, 1.165) is 54.5 Å².